The predicted octanol–water partition coefficient (Wildman–Crippen LogP) is 1.53. The third kappa shape index (κ3) is 2.49. The number of carbonyl (C=O) groups excluding carboxylic acids is 1. The third-order valence-corrected chi connectivity index (χ3v) is 2.25. The first-order chi connectivity index (χ1) is 8.31. The van der Waals surface area contributed by atoms with Gasteiger partial charge in [0.25, 0.3) is 5.91 Å². The van der Waals surface area contributed by atoms with Gasteiger partial charge in [0.1, 0.15) is 6.42 Å². The number of hydrazone groups is 1. The van der Waals surface area contributed by atoms with Crippen LogP contribution in [0.3, 0.4) is 0 Å². The second-order valence-corrected chi connectivity index (χ2v) is 3.42. The molecule has 2 N–H and O–H groups in total. The summed E-state index contributed by atoms with van der Waals surface area (Å²) in [5, 5.41) is 13.1. The van der Waals surface area contributed by atoms with Gasteiger partial charge < -0.3 is 4.98 Å². The highest BCUT2D eigenvalue weighted by molar-refractivity contribution is 5.99. The van der Waals surface area contributed by atoms with E-state index in [4.69, 9.17) is 5.26 Å². The molecule has 5 heteroatoms. The van der Waals surface area contributed by atoms with Crippen LogP contribution in [0.4, 0.5) is 0 Å². The Bertz CT molecular complexity index is 606. The van der Waals surface area contributed by atoms with Crippen molar-refractivity contribution in [1.29, 1.82) is 5.26 Å². The van der Waals surface area contributed by atoms with Gasteiger partial charge in [-0.1, -0.05) is 18.2 Å². The van der Waals surface area contributed by atoms with E-state index in [2.05, 4.69) is 15.5 Å². The van der Waals surface area contributed by atoms with Crippen LogP contribution in [0.5, 0.6) is 0 Å². The van der Waals surface area contributed by atoms with Crippen molar-refractivity contribution in [3.05, 3.63) is 36.0 Å². The van der Waals surface area contributed by atoms with Crippen LogP contribution in [0.1, 0.15) is 12.0 Å². The number of carbonyl (C=O) groups is 1. The van der Waals surface area contributed by atoms with Crippen LogP contribution in [-0.2, 0) is 4.79 Å². The first-order valence-corrected chi connectivity index (χ1v) is 5.06. The summed E-state index contributed by atoms with van der Waals surface area (Å²) in [6.45, 7) is 0. The molecule has 0 saturated heterocycles. The molecule has 0 bridgehead atoms. The molecule has 0 aliphatic rings. The average Bonchev–Trinajstić information content (AvgIpc) is 2.73. The molecule has 0 atom stereocenters. The number of nitrogens with one attached hydrogen (secondary N) is 2. The molecule has 1 amide bonds. The zero-order valence-electron chi connectivity index (χ0n) is 8.97. The molecule has 1 aromatic heterocycles. The monoisotopic (exact) mass is 226 g/mol. The number of para-hydroxylation sites is 1. The summed E-state index contributed by atoms with van der Waals surface area (Å²) in [6.07, 6.45) is 3.17. The molecular formula is C12H10N4O. The molecule has 5 nitrogen and oxygen atoms in total. The lowest BCUT2D eigenvalue weighted by Crippen LogP contribution is -2.16. The Balaban J connectivity index is 2.11. The van der Waals surface area contributed by atoms with Gasteiger partial charge in [0.05, 0.1) is 12.3 Å². The Morgan fingerprint density at radius 2 is 2.35 bits per heavy atom. The van der Waals surface area contributed by atoms with Crippen LogP contribution in [0.2, 0.25) is 0 Å². The molecule has 0 spiro atoms. The van der Waals surface area contributed by atoms with Gasteiger partial charge in [0, 0.05) is 22.7 Å². The molecule has 17 heavy (non-hydrogen) atoms. The number of hydrogen-bond donors (Lipinski definition) is 2. The van der Waals surface area contributed by atoms with E-state index in [-0.39, 0.29) is 6.42 Å². The van der Waals surface area contributed by atoms with Crippen molar-refractivity contribution >= 4 is 23.0 Å². The maximum Gasteiger partial charge on any atom is 0.254 e. The number of amides is 1. The van der Waals surface area contributed by atoms with E-state index < -0.39 is 5.91 Å². The van der Waals surface area contributed by atoms with Gasteiger partial charge in [-0.05, 0) is 6.07 Å². The molecule has 0 saturated carbocycles. The molecule has 1 heterocycles. The highest BCUT2D eigenvalue weighted by Crippen LogP contribution is 2.15. The van der Waals surface area contributed by atoms with Crippen LogP contribution in [0.25, 0.3) is 10.9 Å². The lowest BCUT2D eigenvalue weighted by molar-refractivity contribution is -0.120. The first kappa shape index (κ1) is 10.9. The minimum absolute atomic E-state index is 0.189. The predicted molar refractivity (Wildman–Crippen MR) is 64.3 cm³/mol. The van der Waals surface area contributed by atoms with Crippen LogP contribution < -0.4 is 5.43 Å². The molecule has 0 aliphatic carbocycles. The minimum Gasteiger partial charge on any atom is -0.361 e. The summed E-state index contributed by atoms with van der Waals surface area (Å²) in [4.78, 5) is 14.1. The fourth-order valence-electron chi connectivity index (χ4n) is 1.49. The van der Waals surface area contributed by atoms with Gasteiger partial charge in [-0.3, -0.25) is 4.79 Å². The molecule has 0 radical (unpaired) electrons. The zero-order valence-corrected chi connectivity index (χ0v) is 8.97. The number of hydrogen-bond acceptors (Lipinski definition) is 3. The number of aromatic amines is 1. The Morgan fingerprint density at radius 1 is 1.53 bits per heavy atom. The number of rotatable bonds is 3. The Labute approximate surface area is 97.8 Å². The first-order valence-electron chi connectivity index (χ1n) is 5.06. The van der Waals surface area contributed by atoms with Crippen molar-refractivity contribution in [3.63, 3.8) is 0 Å². The van der Waals surface area contributed by atoms with Crippen molar-refractivity contribution < 1.29 is 4.79 Å². The number of nitriles is 1. The lowest BCUT2D eigenvalue weighted by atomic mass is 10.2. The number of aromatic nitrogens is 1. The normalized spacial score (nSPS) is 10.5. The fourth-order valence-corrected chi connectivity index (χ4v) is 1.49. The van der Waals surface area contributed by atoms with E-state index in [1.165, 1.54) is 0 Å². The molecule has 0 unspecified atom stereocenters. The lowest BCUT2D eigenvalue weighted by Gasteiger charge is -1.93. The maximum atomic E-state index is 11.0. The molecule has 0 fully saturated rings. The molecule has 2 aromatic rings. The van der Waals surface area contributed by atoms with Crippen molar-refractivity contribution in [2.45, 2.75) is 6.42 Å². The number of benzene rings is 1. The van der Waals surface area contributed by atoms with Crippen LogP contribution in [-0.4, -0.2) is 17.1 Å². The number of H-pyrrole nitrogens is 1. The minimum atomic E-state index is -0.413. The second kappa shape index (κ2) is 4.94. The topological polar surface area (TPSA) is 81.0 Å². The summed E-state index contributed by atoms with van der Waals surface area (Å²) in [5.74, 6) is -0.413. The van der Waals surface area contributed by atoms with Crippen LogP contribution >= 0.6 is 0 Å². The smallest absolute Gasteiger partial charge is 0.254 e. The Hall–Kier alpha value is -2.61. The van der Waals surface area contributed by atoms with Crippen LogP contribution in [0.15, 0.2) is 35.6 Å². The largest absolute Gasteiger partial charge is 0.361 e. The summed E-state index contributed by atoms with van der Waals surface area (Å²) >= 11 is 0. The van der Waals surface area contributed by atoms with Gasteiger partial charge in [-0.15, -0.1) is 0 Å². The van der Waals surface area contributed by atoms with Crippen LogP contribution in [0, 0.1) is 11.3 Å². The average molecular weight is 226 g/mol. The maximum absolute atomic E-state index is 11.0. The standard InChI is InChI=1S/C12H10N4O/c13-6-5-12(17)16-15-8-9-7-14-11-4-2-1-3-10(9)11/h1-4,7-8,14H,5H2,(H,16,17)/b15-8-. The molecular weight excluding hydrogens is 216 g/mol. The molecule has 2 rings (SSSR count). The van der Waals surface area contributed by atoms with E-state index in [1.54, 1.807) is 12.3 Å². The van der Waals surface area contributed by atoms with Gasteiger partial charge in [0.15, 0.2) is 0 Å². The molecule has 84 valence electrons. The summed E-state index contributed by atoms with van der Waals surface area (Å²) in [6, 6.07) is 9.54. The third-order valence-electron chi connectivity index (χ3n) is 2.25. The van der Waals surface area contributed by atoms with Crippen molar-refractivity contribution in [1.82, 2.24) is 10.4 Å². The van der Waals surface area contributed by atoms with E-state index in [0.717, 1.165) is 16.5 Å². The summed E-state index contributed by atoms with van der Waals surface area (Å²) < 4.78 is 0. The molecule has 0 aliphatic heterocycles. The SMILES string of the molecule is N#CCC(=O)N/N=C\c1c[nH]c2ccccc12. The van der Waals surface area contributed by atoms with E-state index in [1.807, 2.05) is 30.5 Å². The van der Waals surface area contributed by atoms with E-state index in [0.29, 0.717) is 0 Å². The number of nitrogens with zero attached hydrogens (tertiary/aromatic N) is 2. The number of fused-ring (bicyclic) bond motifs is 1. The van der Waals surface area contributed by atoms with E-state index in [9.17, 15) is 4.79 Å². The Kier molecular flexibility index (Phi) is 3.17. The van der Waals surface area contributed by atoms with Gasteiger partial charge in [-0.2, -0.15) is 10.4 Å². The highest BCUT2D eigenvalue weighted by atomic mass is 16.2. The van der Waals surface area contributed by atoms with Crippen molar-refractivity contribution in [2.24, 2.45) is 5.10 Å². The van der Waals surface area contributed by atoms with Gasteiger partial charge in [0.2, 0.25) is 0 Å². The van der Waals surface area contributed by atoms with Gasteiger partial charge >= 0.3 is 0 Å². The fraction of sp³-hybridized carbons (Fsp3) is 0.0833. The van der Waals surface area contributed by atoms with Crippen molar-refractivity contribution in [2.75, 3.05) is 0 Å². The summed E-state index contributed by atoms with van der Waals surface area (Å²) in [7, 11) is 0. The van der Waals surface area contributed by atoms with Gasteiger partial charge in [-0.25, -0.2) is 5.43 Å². The second-order valence-electron chi connectivity index (χ2n) is 3.42. The molecule has 1 aromatic carbocycles. The quantitative estimate of drug-likeness (QED) is 0.614. The van der Waals surface area contributed by atoms with E-state index >= 15 is 0 Å². The highest BCUT2D eigenvalue weighted by Gasteiger charge is 2.00. The summed E-state index contributed by atoms with van der Waals surface area (Å²) in [5.41, 5.74) is 4.18. The zero-order chi connectivity index (χ0) is 12.1. The Morgan fingerprint density at radius 3 is 3.18 bits per heavy atom. The van der Waals surface area contributed by atoms with Crippen molar-refractivity contribution in [3.8, 4) is 6.07 Å².